The molecule has 0 saturated carbocycles. The first-order valence-electron chi connectivity index (χ1n) is 5.85. The third-order valence-corrected chi connectivity index (χ3v) is 3.12. The molecule has 1 aliphatic rings. The van der Waals surface area contributed by atoms with Crippen LogP contribution >= 0.6 is 0 Å². The van der Waals surface area contributed by atoms with E-state index in [1.165, 1.54) is 0 Å². The van der Waals surface area contributed by atoms with E-state index in [1.54, 1.807) is 24.3 Å². The summed E-state index contributed by atoms with van der Waals surface area (Å²) in [6, 6.07) is 16.2. The Balaban J connectivity index is 0.000000637. The first-order valence-corrected chi connectivity index (χ1v) is 5.85. The van der Waals surface area contributed by atoms with E-state index in [0.717, 1.165) is 5.56 Å². The standard InChI is InChI=1S/C15H10O2.C2H2/c16-14-11-8-4-5-9-12(11)15(17)13(14)10-6-2-1-3-7-10;1-2/h1-9,13H;1-2H. The molecule has 92 valence electrons. The van der Waals surface area contributed by atoms with Crippen LogP contribution in [0.4, 0.5) is 0 Å². The predicted molar refractivity (Wildman–Crippen MR) is 74.2 cm³/mol. The molecular weight excluding hydrogens is 236 g/mol. The predicted octanol–water partition coefficient (Wildman–Crippen LogP) is 3.10. The van der Waals surface area contributed by atoms with Gasteiger partial charge in [0.2, 0.25) is 0 Å². The smallest absolute Gasteiger partial charge is 0.178 e. The molecule has 0 spiro atoms. The summed E-state index contributed by atoms with van der Waals surface area (Å²) in [5.41, 5.74) is 1.87. The molecule has 2 heteroatoms. The van der Waals surface area contributed by atoms with Crippen molar-refractivity contribution >= 4 is 11.6 Å². The molecule has 0 unspecified atom stereocenters. The van der Waals surface area contributed by atoms with Gasteiger partial charge in [0.1, 0.15) is 5.92 Å². The third kappa shape index (κ3) is 2.07. The van der Waals surface area contributed by atoms with Crippen LogP contribution in [0.25, 0.3) is 0 Å². The van der Waals surface area contributed by atoms with Crippen LogP contribution in [0.3, 0.4) is 0 Å². The molecule has 19 heavy (non-hydrogen) atoms. The van der Waals surface area contributed by atoms with Gasteiger partial charge >= 0.3 is 0 Å². The van der Waals surface area contributed by atoms with Crippen molar-refractivity contribution in [3.8, 4) is 12.8 Å². The quantitative estimate of drug-likeness (QED) is 0.574. The van der Waals surface area contributed by atoms with Gasteiger partial charge in [-0.05, 0) is 5.56 Å². The number of carbonyl (C=O) groups is 2. The maximum atomic E-state index is 12.2. The lowest BCUT2D eigenvalue weighted by Gasteiger charge is -2.05. The molecule has 0 heterocycles. The van der Waals surface area contributed by atoms with Gasteiger partial charge in [-0.15, -0.1) is 12.8 Å². The van der Waals surface area contributed by atoms with Crippen molar-refractivity contribution in [3.63, 3.8) is 0 Å². The highest BCUT2D eigenvalue weighted by molar-refractivity contribution is 6.29. The number of ketones is 2. The van der Waals surface area contributed by atoms with Crippen LogP contribution in [0.1, 0.15) is 32.2 Å². The van der Waals surface area contributed by atoms with E-state index in [4.69, 9.17) is 0 Å². The van der Waals surface area contributed by atoms with E-state index in [-0.39, 0.29) is 11.6 Å². The number of carbonyl (C=O) groups excluding carboxylic acids is 2. The normalized spacial score (nSPS) is 13.6. The van der Waals surface area contributed by atoms with Gasteiger partial charge < -0.3 is 0 Å². The summed E-state index contributed by atoms with van der Waals surface area (Å²) in [6.45, 7) is 0. The van der Waals surface area contributed by atoms with Crippen molar-refractivity contribution in [1.29, 1.82) is 0 Å². The average Bonchev–Trinajstić information content (AvgIpc) is 2.75. The Morgan fingerprint density at radius 3 is 1.58 bits per heavy atom. The largest absolute Gasteiger partial charge is 0.293 e. The zero-order valence-electron chi connectivity index (χ0n) is 10.2. The number of benzene rings is 2. The Morgan fingerprint density at radius 2 is 1.11 bits per heavy atom. The average molecular weight is 248 g/mol. The fourth-order valence-corrected chi connectivity index (χ4v) is 2.29. The van der Waals surface area contributed by atoms with Gasteiger partial charge in [0.05, 0.1) is 0 Å². The first kappa shape index (κ1) is 12.8. The fraction of sp³-hybridized carbons (Fsp3) is 0.0588. The number of rotatable bonds is 1. The molecule has 0 aromatic heterocycles. The summed E-state index contributed by atoms with van der Waals surface area (Å²) in [4.78, 5) is 24.4. The number of fused-ring (bicyclic) bond motifs is 1. The van der Waals surface area contributed by atoms with Crippen molar-refractivity contribution in [1.82, 2.24) is 0 Å². The van der Waals surface area contributed by atoms with E-state index in [0.29, 0.717) is 11.1 Å². The summed E-state index contributed by atoms with van der Waals surface area (Å²) in [7, 11) is 0. The maximum Gasteiger partial charge on any atom is 0.178 e. The minimum absolute atomic E-state index is 0.0863. The molecule has 0 bridgehead atoms. The van der Waals surface area contributed by atoms with Crippen LogP contribution in [0, 0.1) is 12.8 Å². The van der Waals surface area contributed by atoms with Crippen molar-refractivity contribution < 1.29 is 9.59 Å². The van der Waals surface area contributed by atoms with E-state index in [9.17, 15) is 9.59 Å². The lowest BCUT2D eigenvalue weighted by Crippen LogP contribution is -2.12. The van der Waals surface area contributed by atoms with Gasteiger partial charge in [0.25, 0.3) is 0 Å². The molecule has 3 rings (SSSR count). The van der Waals surface area contributed by atoms with E-state index >= 15 is 0 Å². The molecule has 0 aliphatic heterocycles. The molecular formula is C17H12O2. The summed E-state index contributed by atoms with van der Waals surface area (Å²) >= 11 is 0. The number of hydrogen-bond acceptors (Lipinski definition) is 2. The summed E-state index contributed by atoms with van der Waals surface area (Å²) in [5, 5.41) is 0. The summed E-state index contributed by atoms with van der Waals surface area (Å²) in [5.74, 6) is -0.817. The number of terminal acetylenes is 1. The molecule has 2 aromatic rings. The SMILES string of the molecule is C#C.O=C1c2ccccc2C(=O)C1c1ccccc1. The Hall–Kier alpha value is -2.66. The van der Waals surface area contributed by atoms with Gasteiger partial charge in [-0.3, -0.25) is 9.59 Å². The topological polar surface area (TPSA) is 34.1 Å². The van der Waals surface area contributed by atoms with E-state index in [2.05, 4.69) is 12.8 Å². The molecule has 2 nitrogen and oxygen atoms in total. The molecule has 0 amide bonds. The van der Waals surface area contributed by atoms with Crippen molar-refractivity contribution in [2.24, 2.45) is 0 Å². The minimum Gasteiger partial charge on any atom is -0.293 e. The second kappa shape index (κ2) is 5.32. The lowest BCUT2D eigenvalue weighted by molar-refractivity contribution is 0.0890. The van der Waals surface area contributed by atoms with Crippen LogP contribution < -0.4 is 0 Å². The van der Waals surface area contributed by atoms with Crippen LogP contribution in [0.5, 0.6) is 0 Å². The first-order chi connectivity index (χ1) is 9.29. The second-order valence-corrected chi connectivity index (χ2v) is 4.12. The molecule has 0 fully saturated rings. The van der Waals surface area contributed by atoms with Crippen LogP contribution in [0.2, 0.25) is 0 Å². The van der Waals surface area contributed by atoms with Crippen LogP contribution in [0.15, 0.2) is 54.6 Å². The second-order valence-electron chi connectivity index (χ2n) is 4.12. The zero-order valence-corrected chi connectivity index (χ0v) is 10.2. The maximum absolute atomic E-state index is 12.2. The molecule has 0 N–H and O–H groups in total. The Kier molecular flexibility index (Phi) is 3.58. The van der Waals surface area contributed by atoms with E-state index < -0.39 is 5.92 Å². The van der Waals surface area contributed by atoms with Gasteiger partial charge in [-0.2, -0.15) is 0 Å². The zero-order chi connectivity index (χ0) is 13.8. The number of Topliss-reactive ketones (excluding diaryl/α,β-unsaturated/α-hetero) is 2. The van der Waals surface area contributed by atoms with Crippen molar-refractivity contribution in [2.75, 3.05) is 0 Å². The molecule has 1 aliphatic carbocycles. The fourth-order valence-electron chi connectivity index (χ4n) is 2.29. The van der Waals surface area contributed by atoms with Gasteiger partial charge in [-0.1, -0.05) is 54.6 Å². The monoisotopic (exact) mass is 248 g/mol. The van der Waals surface area contributed by atoms with Gasteiger partial charge in [-0.25, -0.2) is 0 Å². The Morgan fingerprint density at radius 1 is 0.684 bits per heavy atom. The minimum atomic E-state index is -0.645. The highest BCUT2D eigenvalue weighted by Crippen LogP contribution is 2.33. The van der Waals surface area contributed by atoms with Gasteiger partial charge in [0.15, 0.2) is 11.6 Å². The molecule has 0 radical (unpaired) electrons. The van der Waals surface area contributed by atoms with Crippen LogP contribution in [-0.2, 0) is 0 Å². The van der Waals surface area contributed by atoms with Gasteiger partial charge in [0, 0.05) is 11.1 Å². The highest BCUT2D eigenvalue weighted by Gasteiger charge is 2.38. The van der Waals surface area contributed by atoms with Crippen molar-refractivity contribution in [2.45, 2.75) is 5.92 Å². The lowest BCUT2D eigenvalue weighted by atomic mass is 9.94. The molecule has 0 atom stereocenters. The number of hydrogen-bond donors (Lipinski definition) is 0. The molecule has 0 saturated heterocycles. The summed E-state index contributed by atoms with van der Waals surface area (Å²) in [6.07, 6.45) is 8.00. The third-order valence-electron chi connectivity index (χ3n) is 3.12. The molecule has 2 aromatic carbocycles. The summed E-state index contributed by atoms with van der Waals surface area (Å²) < 4.78 is 0. The van der Waals surface area contributed by atoms with Crippen molar-refractivity contribution in [3.05, 3.63) is 71.3 Å². The Bertz CT molecular complexity index is 604. The highest BCUT2D eigenvalue weighted by atomic mass is 16.2. The van der Waals surface area contributed by atoms with E-state index in [1.807, 2.05) is 30.3 Å². The Labute approximate surface area is 112 Å². The van der Waals surface area contributed by atoms with Crippen LogP contribution in [-0.4, -0.2) is 11.6 Å².